The predicted octanol–water partition coefficient (Wildman–Crippen LogP) is 0.743. The van der Waals surface area contributed by atoms with Gasteiger partial charge in [-0.05, 0) is 23.8 Å². The molecule has 4 N–H and O–H groups in total. The number of fused-ring (bicyclic) bond motifs is 2. The minimum absolute atomic E-state index is 0.0150. The van der Waals surface area contributed by atoms with E-state index in [2.05, 4.69) is 22.5 Å². The zero-order valence-corrected chi connectivity index (χ0v) is 27.7. The van der Waals surface area contributed by atoms with Crippen LogP contribution < -0.4 is 15.5 Å². The molecule has 3 amide bonds. The second-order valence-electron chi connectivity index (χ2n) is 10.7. The number of aliphatic carboxylic acids is 1. The molecule has 2 aromatic rings. The van der Waals surface area contributed by atoms with Gasteiger partial charge in [0.05, 0.1) is 71.5 Å². The number of rotatable bonds is 22. The number of anilines is 1. The lowest BCUT2D eigenvalue weighted by Gasteiger charge is -2.26. The molecule has 1 aliphatic rings. The average Bonchev–Trinajstić information content (AvgIpc) is 3.05. The van der Waals surface area contributed by atoms with Gasteiger partial charge in [0.25, 0.3) is 10.1 Å². The molecule has 0 fully saturated rings. The van der Waals surface area contributed by atoms with Crippen molar-refractivity contribution in [3.63, 3.8) is 0 Å². The Labute approximate surface area is 285 Å². The van der Waals surface area contributed by atoms with Crippen LogP contribution in [0.5, 0.6) is 0 Å². The smallest absolute Gasteiger partial charge is 0.305 e. The van der Waals surface area contributed by atoms with Gasteiger partial charge in [0, 0.05) is 30.5 Å². The summed E-state index contributed by atoms with van der Waals surface area (Å²) in [4.78, 5) is 50.8. The highest BCUT2D eigenvalue weighted by Crippen LogP contribution is 2.26. The van der Waals surface area contributed by atoms with Crippen molar-refractivity contribution in [2.75, 3.05) is 70.1 Å². The molecule has 2 aromatic carbocycles. The molecule has 49 heavy (non-hydrogen) atoms. The molecule has 0 bridgehead atoms. The number of carboxylic acid groups (broad SMARTS) is 1. The summed E-state index contributed by atoms with van der Waals surface area (Å²) in [6.07, 6.45) is -0.642. The Morgan fingerprint density at radius 1 is 0.776 bits per heavy atom. The Hall–Kier alpha value is -4.37. The van der Waals surface area contributed by atoms with Crippen LogP contribution in [0.15, 0.2) is 48.5 Å². The van der Waals surface area contributed by atoms with E-state index < -0.39 is 39.7 Å². The Morgan fingerprint density at radius 3 is 2.00 bits per heavy atom. The van der Waals surface area contributed by atoms with E-state index in [1.807, 2.05) is 30.3 Å². The molecule has 1 heterocycles. The minimum Gasteiger partial charge on any atom is -0.481 e. The van der Waals surface area contributed by atoms with E-state index in [9.17, 15) is 32.1 Å². The topological polar surface area (TPSA) is 207 Å². The third-order valence-corrected chi connectivity index (χ3v) is 7.64. The van der Waals surface area contributed by atoms with Crippen molar-refractivity contribution >= 4 is 39.5 Å². The van der Waals surface area contributed by atoms with Crippen LogP contribution in [0.1, 0.15) is 36.0 Å². The molecule has 0 saturated carbocycles. The number of carboxylic acids is 1. The first-order valence-corrected chi connectivity index (χ1v) is 17.2. The Balaban J connectivity index is 1.38. The summed E-state index contributed by atoms with van der Waals surface area (Å²) < 4.78 is 53.6. The second-order valence-corrected chi connectivity index (χ2v) is 12.2. The van der Waals surface area contributed by atoms with Crippen LogP contribution in [-0.4, -0.2) is 113 Å². The second kappa shape index (κ2) is 20.9. The van der Waals surface area contributed by atoms with E-state index in [1.165, 1.54) is 0 Å². The van der Waals surface area contributed by atoms with E-state index in [1.54, 1.807) is 23.1 Å². The van der Waals surface area contributed by atoms with E-state index in [0.717, 1.165) is 11.1 Å². The Bertz CT molecular complexity index is 1590. The predicted molar refractivity (Wildman–Crippen MR) is 176 cm³/mol. The summed E-state index contributed by atoms with van der Waals surface area (Å²) in [6, 6.07) is 13.0. The van der Waals surface area contributed by atoms with Crippen LogP contribution in [-0.2, 0) is 54.8 Å². The van der Waals surface area contributed by atoms with Crippen molar-refractivity contribution in [3.8, 4) is 11.8 Å². The summed E-state index contributed by atoms with van der Waals surface area (Å²) in [5.41, 5.74) is 2.86. The van der Waals surface area contributed by atoms with Gasteiger partial charge in [0.1, 0.15) is 11.8 Å². The van der Waals surface area contributed by atoms with Gasteiger partial charge in [-0.25, -0.2) is 0 Å². The maximum atomic E-state index is 13.4. The average molecular weight is 704 g/mol. The number of carbonyl (C=O) groups is 4. The van der Waals surface area contributed by atoms with Gasteiger partial charge in [-0.1, -0.05) is 42.2 Å². The van der Waals surface area contributed by atoms with Crippen LogP contribution in [0, 0.1) is 11.8 Å². The standard InChI is InChI=1S/C33H41N3O12S/c37-30(11-12-31(38)36-23-27-7-2-1-5-25(27)9-10-26-6-3-4-8-29(26)36)35-28(24-49(42,43)44)33(41)34-14-16-46-18-20-48-22-21-47-19-17-45-15-13-32(39)40/h1-8,28H,11-24H2,(H,34,41)(H,35,37)(H,39,40)(H,42,43,44)/t28-/m1/s1. The number of amides is 3. The molecule has 0 saturated heterocycles. The lowest BCUT2D eigenvalue weighted by Crippen LogP contribution is -2.51. The molecule has 1 aliphatic heterocycles. The van der Waals surface area contributed by atoms with Crippen molar-refractivity contribution in [2.24, 2.45) is 0 Å². The lowest BCUT2D eigenvalue weighted by atomic mass is 10.0. The Kier molecular flexibility index (Phi) is 16.6. The van der Waals surface area contributed by atoms with Crippen LogP contribution in [0.25, 0.3) is 0 Å². The zero-order chi connectivity index (χ0) is 35.5. The van der Waals surface area contributed by atoms with E-state index in [0.29, 0.717) is 31.1 Å². The van der Waals surface area contributed by atoms with Crippen molar-refractivity contribution in [3.05, 3.63) is 65.2 Å². The molecule has 0 radical (unpaired) electrons. The largest absolute Gasteiger partial charge is 0.481 e. The fourth-order valence-electron chi connectivity index (χ4n) is 4.51. The third kappa shape index (κ3) is 15.2. The van der Waals surface area contributed by atoms with Crippen molar-refractivity contribution in [2.45, 2.75) is 31.8 Å². The number of hydrogen-bond donors (Lipinski definition) is 4. The summed E-state index contributed by atoms with van der Waals surface area (Å²) in [5.74, 6) is 2.27. The number of ether oxygens (including phenoxy) is 4. The summed E-state index contributed by atoms with van der Waals surface area (Å²) in [5, 5.41) is 13.3. The van der Waals surface area contributed by atoms with Crippen LogP contribution in [0.2, 0.25) is 0 Å². The number of hydrogen-bond acceptors (Lipinski definition) is 10. The van der Waals surface area contributed by atoms with Gasteiger partial charge in [0.2, 0.25) is 17.7 Å². The lowest BCUT2D eigenvalue weighted by molar-refractivity contribution is -0.138. The quantitative estimate of drug-likeness (QED) is 0.0761. The first-order valence-electron chi connectivity index (χ1n) is 15.6. The number of para-hydroxylation sites is 1. The van der Waals surface area contributed by atoms with Gasteiger partial charge >= 0.3 is 5.97 Å². The van der Waals surface area contributed by atoms with E-state index in [4.69, 9.17) is 24.1 Å². The highest BCUT2D eigenvalue weighted by atomic mass is 32.2. The van der Waals surface area contributed by atoms with Crippen molar-refractivity contribution in [1.82, 2.24) is 10.6 Å². The van der Waals surface area contributed by atoms with Gasteiger partial charge in [-0.2, -0.15) is 8.42 Å². The number of carbonyl (C=O) groups excluding carboxylic acids is 3. The molecule has 15 nitrogen and oxygen atoms in total. The first kappa shape index (κ1) is 39.1. The van der Waals surface area contributed by atoms with Gasteiger partial charge in [-0.3, -0.25) is 23.7 Å². The van der Waals surface area contributed by atoms with E-state index in [-0.39, 0.29) is 71.3 Å². The summed E-state index contributed by atoms with van der Waals surface area (Å²) >= 11 is 0. The fourth-order valence-corrected chi connectivity index (χ4v) is 5.17. The van der Waals surface area contributed by atoms with Gasteiger partial charge in [0.15, 0.2) is 0 Å². The molecule has 0 unspecified atom stereocenters. The molecule has 1 atom stereocenters. The highest BCUT2D eigenvalue weighted by molar-refractivity contribution is 7.85. The molecule has 266 valence electrons. The Morgan fingerprint density at radius 2 is 1.35 bits per heavy atom. The molecule has 0 aliphatic carbocycles. The maximum absolute atomic E-state index is 13.4. The number of nitrogens with zero attached hydrogens (tertiary/aromatic N) is 1. The highest BCUT2D eigenvalue weighted by Gasteiger charge is 2.27. The van der Waals surface area contributed by atoms with E-state index >= 15 is 0 Å². The number of benzene rings is 2. The summed E-state index contributed by atoms with van der Waals surface area (Å²) in [6.45, 7) is 2.02. The molecular formula is C33H41N3O12S. The summed E-state index contributed by atoms with van der Waals surface area (Å²) in [7, 11) is -4.64. The molecule has 16 heteroatoms. The molecule has 0 aromatic heterocycles. The SMILES string of the molecule is O=C(O)CCOCCOCCOCCOCCNC(=O)[C@@H](CS(=O)(=O)O)NC(=O)CCC(=O)N1Cc2ccccc2C#Cc2ccccc21. The van der Waals surface area contributed by atoms with Crippen molar-refractivity contribution < 1.29 is 56.2 Å². The minimum atomic E-state index is -4.64. The third-order valence-electron chi connectivity index (χ3n) is 6.89. The number of nitrogens with one attached hydrogen (secondary N) is 2. The first-order chi connectivity index (χ1) is 23.5. The van der Waals surface area contributed by atoms with Gasteiger partial charge < -0.3 is 39.6 Å². The molecule has 0 spiro atoms. The van der Waals surface area contributed by atoms with Crippen LogP contribution in [0.4, 0.5) is 5.69 Å². The molecular weight excluding hydrogens is 662 g/mol. The van der Waals surface area contributed by atoms with Crippen LogP contribution >= 0.6 is 0 Å². The fraction of sp³-hybridized carbons (Fsp3) is 0.455. The maximum Gasteiger partial charge on any atom is 0.305 e. The van der Waals surface area contributed by atoms with Gasteiger partial charge in [-0.15, -0.1) is 0 Å². The van der Waals surface area contributed by atoms with Crippen molar-refractivity contribution in [1.29, 1.82) is 0 Å². The monoisotopic (exact) mass is 703 g/mol. The van der Waals surface area contributed by atoms with Crippen LogP contribution in [0.3, 0.4) is 0 Å². The normalized spacial score (nSPS) is 12.7. The zero-order valence-electron chi connectivity index (χ0n) is 26.9. The molecule has 3 rings (SSSR count).